The van der Waals surface area contributed by atoms with Crippen LogP contribution in [0.15, 0.2) is 42.6 Å². The average molecular weight is 335 g/mol. The van der Waals surface area contributed by atoms with E-state index in [4.69, 9.17) is 0 Å². The minimum atomic E-state index is -0.425. The van der Waals surface area contributed by atoms with E-state index < -0.39 is 5.92 Å². The second-order valence-electron chi connectivity index (χ2n) is 6.21. The van der Waals surface area contributed by atoms with Crippen molar-refractivity contribution in [3.05, 3.63) is 48.2 Å². The van der Waals surface area contributed by atoms with Crippen molar-refractivity contribution in [1.82, 2.24) is 15.2 Å². The van der Waals surface area contributed by atoms with E-state index in [0.717, 1.165) is 16.5 Å². The maximum absolute atomic E-state index is 12.5. The Labute approximate surface area is 144 Å². The average Bonchev–Trinajstić information content (AvgIpc) is 3.20. The second kappa shape index (κ2) is 6.01. The number of aromatic amines is 1. The van der Waals surface area contributed by atoms with Gasteiger partial charge in [-0.05, 0) is 30.7 Å². The first kappa shape index (κ1) is 15.3. The van der Waals surface area contributed by atoms with Gasteiger partial charge in [0.15, 0.2) is 5.82 Å². The van der Waals surface area contributed by atoms with E-state index in [9.17, 15) is 9.59 Å². The topological polar surface area (TPSA) is 91.0 Å². The van der Waals surface area contributed by atoms with Gasteiger partial charge >= 0.3 is 0 Å². The Morgan fingerprint density at radius 1 is 1.28 bits per heavy atom. The number of H-pyrrole nitrogens is 1. The third-order valence-corrected chi connectivity index (χ3v) is 4.36. The minimum absolute atomic E-state index is 0.103. The molecule has 1 aromatic carbocycles. The Balaban J connectivity index is 1.52. The Morgan fingerprint density at radius 3 is 2.92 bits per heavy atom. The molecule has 7 heteroatoms. The lowest BCUT2D eigenvalue weighted by atomic mass is 10.1. The van der Waals surface area contributed by atoms with E-state index in [-0.39, 0.29) is 18.2 Å². The number of carbonyl (C=O) groups excluding carboxylic acids is 2. The number of hydrogen-bond acceptors (Lipinski definition) is 4. The lowest BCUT2D eigenvalue weighted by Gasteiger charge is -2.14. The summed E-state index contributed by atoms with van der Waals surface area (Å²) in [6.45, 7) is 2.24. The van der Waals surface area contributed by atoms with Gasteiger partial charge in [0.25, 0.3) is 0 Å². The van der Waals surface area contributed by atoms with Gasteiger partial charge in [-0.15, -0.1) is 0 Å². The van der Waals surface area contributed by atoms with Gasteiger partial charge in [-0.2, -0.15) is 5.10 Å². The van der Waals surface area contributed by atoms with Crippen molar-refractivity contribution in [3.63, 3.8) is 0 Å². The highest BCUT2D eigenvalue weighted by Gasteiger charge is 2.36. The molecule has 0 aliphatic carbocycles. The van der Waals surface area contributed by atoms with Gasteiger partial charge in [0.2, 0.25) is 11.8 Å². The number of carbonyl (C=O) groups is 2. The summed E-state index contributed by atoms with van der Waals surface area (Å²) < 4.78 is 0. The zero-order valence-electron chi connectivity index (χ0n) is 13.7. The van der Waals surface area contributed by atoms with Gasteiger partial charge in [-0.25, -0.2) is 4.98 Å². The monoisotopic (exact) mass is 335 g/mol. The van der Waals surface area contributed by atoms with Crippen molar-refractivity contribution in [1.29, 1.82) is 0 Å². The smallest absolute Gasteiger partial charge is 0.230 e. The normalized spacial score (nSPS) is 17.2. The highest BCUT2D eigenvalue weighted by Crippen LogP contribution is 2.29. The first-order valence-corrected chi connectivity index (χ1v) is 8.09. The predicted octanol–water partition coefficient (Wildman–Crippen LogP) is 2.26. The van der Waals surface area contributed by atoms with E-state index in [1.807, 2.05) is 37.3 Å². The van der Waals surface area contributed by atoms with E-state index in [2.05, 4.69) is 20.5 Å². The molecule has 2 N–H and O–H groups in total. The summed E-state index contributed by atoms with van der Waals surface area (Å²) in [6, 6.07) is 11.2. The molecule has 0 radical (unpaired) electrons. The molecule has 0 spiro atoms. The quantitative estimate of drug-likeness (QED) is 0.768. The summed E-state index contributed by atoms with van der Waals surface area (Å²) >= 11 is 0. The van der Waals surface area contributed by atoms with Crippen molar-refractivity contribution in [2.45, 2.75) is 13.3 Å². The molecule has 1 fully saturated rings. The van der Waals surface area contributed by atoms with Crippen molar-refractivity contribution < 1.29 is 9.59 Å². The highest BCUT2D eigenvalue weighted by molar-refractivity contribution is 6.06. The standard InChI is InChI=1S/C18H17N5O2/c1-11-6-7-15(19-9-11)20-18(25)12-8-16(24)23(10-12)17-13-4-2-3-5-14(13)21-22-17/h2-7,9,12H,8,10H2,1H3,(H,21,22)(H,19,20,25)/t12-/m0/s1. The molecule has 1 saturated heterocycles. The van der Waals surface area contributed by atoms with Crippen LogP contribution in [-0.2, 0) is 9.59 Å². The fraction of sp³-hybridized carbons (Fsp3) is 0.222. The van der Waals surface area contributed by atoms with E-state index >= 15 is 0 Å². The Bertz CT molecular complexity index is 948. The Hall–Kier alpha value is -3.22. The number of amides is 2. The maximum Gasteiger partial charge on any atom is 0.230 e. The molecular weight excluding hydrogens is 318 g/mol. The summed E-state index contributed by atoms with van der Waals surface area (Å²) in [5, 5.41) is 10.8. The molecule has 0 saturated carbocycles. The van der Waals surface area contributed by atoms with Gasteiger partial charge in [0.05, 0.1) is 11.4 Å². The van der Waals surface area contributed by atoms with Crippen LogP contribution in [0.1, 0.15) is 12.0 Å². The molecule has 1 aliphatic rings. The molecule has 1 aliphatic heterocycles. The van der Waals surface area contributed by atoms with Gasteiger partial charge < -0.3 is 5.32 Å². The number of nitrogens with zero attached hydrogens (tertiary/aromatic N) is 3. The number of anilines is 2. The fourth-order valence-corrected chi connectivity index (χ4v) is 3.01. The first-order valence-electron chi connectivity index (χ1n) is 8.09. The van der Waals surface area contributed by atoms with Crippen molar-refractivity contribution in [2.75, 3.05) is 16.8 Å². The number of aromatic nitrogens is 3. The van der Waals surface area contributed by atoms with Crippen LogP contribution in [0.4, 0.5) is 11.6 Å². The number of nitrogens with one attached hydrogen (secondary N) is 2. The van der Waals surface area contributed by atoms with E-state index in [1.54, 1.807) is 17.2 Å². The largest absolute Gasteiger partial charge is 0.310 e. The molecular formula is C18H17N5O2. The number of pyridine rings is 1. The molecule has 3 heterocycles. The maximum atomic E-state index is 12.5. The van der Waals surface area contributed by atoms with Crippen LogP contribution in [0, 0.1) is 12.8 Å². The molecule has 2 aromatic heterocycles. The Morgan fingerprint density at radius 2 is 2.12 bits per heavy atom. The van der Waals surface area contributed by atoms with Crippen LogP contribution >= 0.6 is 0 Å². The zero-order chi connectivity index (χ0) is 17.4. The lowest BCUT2D eigenvalue weighted by molar-refractivity contribution is -0.122. The fourth-order valence-electron chi connectivity index (χ4n) is 3.01. The highest BCUT2D eigenvalue weighted by atomic mass is 16.2. The predicted molar refractivity (Wildman–Crippen MR) is 94.2 cm³/mol. The Kier molecular flexibility index (Phi) is 3.68. The molecule has 0 unspecified atom stereocenters. The molecule has 2 amide bonds. The van der Waals surface area contributed by atoms with Crippen LogP contribution in [0.3, 0.4) is 0 Å². The zero-order valence-corrected chi connectivity index (χ0v) is 13.7. The molecule has 126 valence electrons. The number of fused-ring (bicyclic) bond motifs is 1. The molecule has 25 heavy (non-hydrogen) atoms. The van der Waals surface area contributed by atoms with Gasteiger partial charge in [0, 0.05) is 24.5 Å². The third-order valence-electron chi connectivity index (χ3n) is 4.36. The molecule has 3 aromatic rings. The van der Waals surface area contributed by atoms with Crippen molar-refractivity contribution in [2.24, 2.45) is 5.92 Å². The first-order chi connectivity index (χ1) is 12.1. The van der Waals surface area contributed by atoms with E-state index in [0.29, 0.717) is 18.2 Å². The van der Waals surface area contributed by atoms with Crippen molar-refractivity contribution >= 4 is 34.4 Å². The number of benzene rings is 1. The van der Waals surface area contributed by atoms with Crippen LogP contribution in [-0.4, -0.2) is 33.5 Å². The summed E-state index contributed by atoms with van der Waals surface area (Å²) in [4.78, 5) is 30.6. The van der Waals surface area contributed by atoms with Gasteiger partial charge in [-0.1, -0.05) is 18.2 Å². The number of aryl methyl sites for hydroxylation is 1. The SMILES string of the molecule is Cc1ccc(NC(=O)[C@H]2CC(=O)N(c3n[nH]c4ccccc34)C2)nc1. The summed E-state index contributed by atoms with van der Waals surface area (Å²) in [6.07, 6.45) is 1.86. The lowest BCUT2D eigenvalue weighted by Crippen LogP contribution is -2.28. The molecule has 0 bridgehead atoms. The van der Waals surface area contributed by atoms with Crippen LogP contribution in [0.5, 0.6) is 0 Å². The minimum Gasteiger partial charge on any atom is -0.310 e. The van der Waals surface area contributed by atoms with Crippen LogP contribution < -0.4 is 10.2 Å². The summed E-state index contributed by atoms with van der Waals surface area (Å²) in [7, 11) is 0. The van der Waals surface area contributed by atoms with Gasteiger partial charge in [-0.3, -0.25) is 19.6 Å². The summed E-state index contributed by atoms with van der Waals surface area (Å²) in [5.41, 5.74) is 1.88. The third kappa shape index (κ3) is 2.84. The molecule has 7 nitrogen and oxygen atoms in total. The van der Waals surface area contributed by atoms with Gasteiger partial charge in [0.1, 0.15) is 5.82 Å². The molecule has 1 atom stereocenters. The van der Waals surface area contributed by atoms with E-state index in [1.165, 1.54) is 0 Å². The van der Waals surface area contributed by atoms with Crippen LogP contribution in [0.2, 0.25) is 0 Å². The number of rotatable bonds is 3. The number of hydrogen-bond donors (Lipinski definition) is 2. The molecule has 4 rings (SSSR count). The second-order valence-corrected chi connectivity index (χ2v) is 6.21. The summed E-state index contributed by atoms with van der Waals surface area (Å²) in [5.74, 6) is 0.337. The van der Waals surface area contributed by atoms with Crippen LogP contribution in [0.25, 0.3) is 10.9 Å². The number of para-hydroxylation sites is 1. The van der Waals surface area contributed by atoms with Crippen molar-refractivity contribution in [3.8, 4) is 0 Å².